The van der Waals surface area contributed by atoms with Gasteiger partial charge in [0.1, 0.15) is 0 Å². The second-order valence-corrected chi connectivity index (χ2v) is 12.0. The van der Waals surface area contributed by atoms with E-state index in [1.807, 2.05) is 0 Å². The van der Waals surface area contributed by atoms with Gasteiger partial charge in [-0.3, -0.25) is 0 Å². The molecule has 124 valence electrons. The van der Waals surface area contributed by atoms with Crippen molar-refractivity contribution in [1.82, 2.24) is 0 Å². The van der Waals surface area contributed by atoms with Gasteiger partial charge in [-0.05, 0) is 0 Å². The normalized spacial score (nSPS) is 11.3. The average molecular weight is 548 g/mol. The zero-order valence-electron chi connectivity index (χ0n) is 11.3. The molecule has 0 aromatic heterocycles. The molecule has 0 unspecified atom stereocenters. The van der Waals surface area contributed by atoms with Gasteiger partial charge in [0.05, 0.1) is 0 Å². The van der Waals surface area contributed by atoms with Crippen LogP contribution in [-0.4, -0.2) is 10.2 Å². The zero-order chi connectivity index (χ0) is 16.7. The van der Waals surface area contributed by atoms with Crippen molar-refractivity contribution < 1.29 is 17.9 Å². The van der Waals surface area contributed by atoms with Gasteiger partial charge in [-0.25, -0.2) is 0 Å². The van der Waals surface area contributed by atoms with Crippen molar-refractivity contribution in [1.29, 1.82) is 0 Å². The third-order valence-corrected chi connectivity index (χ3v) is 11.7. The molecule has 0 N–H and O–H groups in total. The number of halogens is 2. The van der Waals surface area contributed by atoms with Crippen molar-refractivity contribution in [2.45, 2.75) is 0 Å². The molecule has 0 aliphatic heterocycles. The van der Waals surface area contributed by atoms with Crippen molar-refractivity contribution in [3.63, 3.8) is 0 Å². The Balaban J connectivity index is 2.26. The molecule has 23 heavy (non-hydrogen) atoms. The number of nitrogens with zero attached hydrogens (tertiary/aromatic N) is 2. The summed E-state index contributed by atoms with van der Waals surface area (Å²) in [5.74, 6) is 0. The molecule has 0 heterocycles. The van der Waals surface area contributed by atoms with Crippen LogP contribution in [0.2, 0.25) is 0 Å². The first-order valence-electron chi connectivity index (χ1n) is 5.91. The van der Waals surface area contributed by atoms with Gasteiger partial charge in [-0.2, -0.15) is 0 Å². The second kappa shape index (κ2) is 8.78. The number of hydrogen-bond acceptors (Lipinski definition) is 7. The molecule has 0 spiro atoms. The van der Waals surface area contributed by atoms with Gasteiger partial charge in [0, 0.05) is 0 Å². The Labute approximate surface area is 146 Å². The average Bonchev–Trinajstić information content (AvgIpc) is 2.54. The van der Waals surface area contributed by atoms with E-state index in [1.165, 1.54) is 0 Å². The van der Waals surface area contributed by atoms with E-state index >= 15 is 0 Å². The molecule has 9 nitrogen and oxygen atoms in total. The molecule has 2 aromatic carbocycles. The van der Waals surface area contributed by atoms with Crippen molar-refractivity contribution in [2.24, 2.45) is 0 Å². The van der Waals surface area contributed by atoms with Crippen LogP contribution in [-0.2, 0) is 7.73 Å². The van der Waals surface area contributed by atoms with E-state index in [4.69, 9.17) is 1.40 Å². The van der Waals surface area contributed by atoms with E-state index in [-0.39, 0.29) is 0 Å². The van der Waals surface area contributed by atoms with Crippen molar-refractivity contribution >= 4 is 41.3 Å². The maximum absolute atomic E-state index is 10.7. The molecule has 0 saturated carbocycles. The third-order valence-electron chi connectivity index (χ3n) is 2.17. The van der Waals surface area contributed by atoms with Crippen LogP contribution >= 0.6 is 41.3 Å². The predicted molar refractivity (Wildman–Crippen MR) is 95.6 cm³/mol. The Morgan fingerprint density at radius 2 is 1.04 bits per heavy atom. The molecule has 11 heteroatoms. The number of benzene rings is 2. The molecule has 0 amide bonds. The third kappa shape index (κ3) is 5.76. The Kier molecular flexibility index (Phi) is 6.72. The van der Waals surface area contributed by atoms with E-state index in [1.54, 1.807) is 60.7 Å². The summed E-state index contributed by atoms with van der Waals surface area (Å²) in [6.07, 6.45) is 0. The van der Waals surface area contributed by atoms with Crippen LogP contribution in [0.25, 0.3) is 0 Å². The van der Waals surface area contributed by atoms with E-state index < -0.39 is 51.5 Å². The van der Waals surface area contributed by atoms with Gasteiger partial charge < -0.3 is 0 Å². The summed E-state index contributed by atoms with van der Waals surface area (Å²) in [7, 11) is 0. The van der Waals surface area contributed by atoms with E-state index in [0.717, 1.165) is 0 Å². The van der Waals surface area contributed by atoms with E-state index in [0.29, 0.717) is 7.14 Å². The SMILES string of the molecule is O=[N+]([O-])OI(OI(O[N+](=O)[O-])c1ccccc1)c1ccccc1. The Morgan fingerprint density at radius 1 is 0.696 bits per heavy atom. The molecule has 0 bridgehead atoms. The fourth-order valence-corrected chi connectivity index (χ4v) is 10.4. The summed E-state index contributed by atoms with van der Waals surface area (Å²) in [5.41, 5.74) is 0. The molecule has 2 rings (SSSR count). The Morgan fingerprint density at radius 3 is 1.35 bits per heavy atom. The fraction of sp³-hybridized carbons (Fsp3) is 0. The molecular formula is C12H10I2N2O7. The number of rotatable bonds is 8. The summed E-state index contributed by atoms with van der Waals surface area (Å²) in [4.78, 5) is 21.4. The molecule has 0 aliphatic carbocycles. The molecule has 0 fully saturated rings. The second-order valence-electron chi connectivity index (χ2n) is 3.67. The van der Waals surface area contributed by atoms with Crippen LogP contribution in [0, 0.1) is 27.4 Å². The molecule has 0 aliphatic rings. The van der Waals surface area contributed by atoms with Gasteiger partial charge in [0.15, 0.2) is 0 Å². The van der Waals surface area contributed by atoms with Crippen LogP contribution in [0.4, 0.5) is 0 Å². The quantitative estimate of drug-likeness (QED) is 0.280. The molecule has 0 atom stereocenters. The summed E-state index contributed by atoms with van der Waals surface area (Å²) >= 11 is -6.40. The monoisotopic (exact) mass is 548 g/mol. The minimum atomic E-state index is -3.20. The maximum atomic E-state index is 10.7. The number of hydrogen-bond donors (Lipinski definition) is 0. The fourth-order valence-electron chi connectivity index (χ4n) is 1.35. The molecule has 2 aromatic rings. The van der Waals surface area contributed by atoms with Gasteiger partial charge in [0.25, 0.3) is 0 Å². The zero-order valence-corrected chi connectivity index (χ0v) is 15.6. The predicted octanol–water partition coefficient (Wildman–Crippen LogP) is 3.83. The Bertz CT molecular complexity index is 601. The van der Waals surface area contributed by atoms with Gasteiger partial charge >= 0.3 is 147 Å². The summed E-state index contributed by atoms with van der Waals surface area (Å²) < 4.78 is 16.0. The summed E-state index contributed by atoms with van der Waals surface area (Å²) in [5, 5.41) is 19.5. The molecular weight excluding hydrogens is 538 g/mol. The van der Waals surface area contributed by atoms with Crippen LogP contribution in [0.15, 0.2) is 60.7 Å². The first-order chi connectivity index (χ1) is 11.1. The molecule has 0 radical (unpaired) electrons. The van der Waals surface area contributed by atoms with Crippen LogP contribution < -0.4 is 0 Å². The first kappa shape index (κ1) is 17.6. The van der Waals surface area contributed by atoms with Crippen LogP contribution in [0.3, 0.4) is 0 Å². The summed E-state index contributed by atoms with van der Waals surface area (Å²) in [6, 6.07) is 16.7. The molecule has 0 saturated heterocycles. The Hall–Kier alpha value is -1.74. The minimum absolute atomic E-state index is 0.513. The van der Waals surface area contributed by atoms with Gasteiger partial charge in [-0.1, -0.05) is 0 Å². The van der Waals surface area contributed by atoms with E-state index in [2.05, 4.69) is 6.33 Å². The topological polar surface area (TPSA) is 114 Å². The first-order valence-corrected chi connectivity index (χ1v) is 11.6. The van der Waals surface area contributed by atoms with Crippen molar-refractivity contribution in [3.8, 4) is 0 Å². The summed E-state index contributed by atoms with van der Waals surface area (Å²) in [6.45, 7) is 0. The van der Waals surface area contributed by atoms with Crippen LogP contribution in [0.5, 0.6) is 0 Å². The van der Waals surface area contributed by atoms with Crippen molar-refractivity contribution in [2.75, 3.05) is 0 Å². The van der Waals surface area contributed by atoms with Crippen molar-refractivity contribution in [3.05, 3.63) is 88.0 Å². The standard InChI is InChI=1S/C12H10I2N2O7/c17-15(18)22-13(11-7-3-1-4-8-11)21-14(23-16(19)20)12-9-5-2-6-10-12/h1-10H. The van der Waals surface area contributed by atoms with Gasteiger partial charge in [0.2, 0.25) is 0 Å². The van der Waals surface area contributed by atoms with E-state index in [9.17, 15) is 20.2 Å². The van der Waals surface area contributed by atoms with Crippen LogP contribution in [0.1, 0.15) is 0 Å². The van der Waals surface area contributed by atoms with Gasteiger partial charge in [-0.15, -0.1) is 0 Å².